The SMILES string of the molecule is O=C(NCC1CCCO1)c1ccc(CN2C(=O)CCn3nc(-c4ccc(Cl)cc4)cc32)cc1. The minimum Gasteiger partial charge on any atom is -0.376 e. The Kier molecular flexibility index (Phi) is 6.15. The number of carbonyl (C=O) groups is 2. The number of aromatic nitrogens is 2. The molecule has 0 radical (unpaired) electrons. The lowest BCUT2D eigenvalue weighted by Crippen LogP contribution is -2.37. The number of carbonyl (C=O) groups excluding carboxylic acids is 2. The second-order valence-electron chi connectivity index (χ2n) is 8.39. The summed E-state index contributed by atoms with van der Waals surface area (Å²) in [6.45, 7) is 2.28. The minimum atomic E-state index is -0.114. The van der Waals surface area contributed by atoms with Gasteiger partial charge in [0.05, 0.1) is 24.9 Å². The lowest BCUT2D eigenvalue weighted by atomic mass is 10.1. The molecule has 2 aliphatic rings. The molecule has 5 rings (SSSR count). The fraction of sp³-hybridized carbons (Fsp3) is 0.320. The first-order chi connectivity index (χ1) is 16.1. The molecule has 8 heteroatoms. The molecular weight excluding hydrogens is 440 g/mol. The standard InChI is InChI=1S/C25H25ClN4O3/c26-20-9-7-18(8-10-20)22-14-23-29(24(31)11-12-30(23)28-22)16-17-3-5-19(6-4-17)25(32)27-15-21-2-1-13-33-21/h3-10,14,21H,1-2,11-13,15-16H2,(H,27,32). The average Bonchev–Trinajstić information content (AvgIpc) is 3.50. The van der Waals surface area contributed by atoms with E-state index in [1.54, 1.807) is 17.0 Å². The van der Waals surface area contributed by atoms with Crippen LogP contribution < -0.4 is 10.2 Å². The Balaban J connectivity index is 1.28. The molecule has 0 spiro atoms. The molecule has 1 N–H and O–H groups in total. The zero-order valence-electron chi connectivity index (χ0n) is 18.2. The van der Waals surface area contributed by atoms with E-state index in [9.17, 15) is 9.59 Å². The van der Waals surface area contributed by atoms with Crippen LogP contribution in [0.25, 0.3) is 11.3 Å². The van der Waals surface area contributed by atoms with E-state index in [-0.39, 0.29) is 17.9 Å². The van der Waals surface area contributed by atoms with Crippen LogP contribution in [0.5, 0.6) is 0 Å². The van der Waals surface area contributed by atoms with E-state index in [0.717, 1.165) is 42.1 Å². The Morgan fingerprint density at radius 1 is 1.15 bits per heavy atom. The molecule has 7 nitrogen and oxygen atoms in total. The summed E-state index contributed by atoms with van der Waals surface area (Å²) >= 11 is 6.00. The number of nitrogens with one attached hydrogen (secondary N) is 1. The molecule has 170 valence electrons. The Morgan fingerprint density at radius 3 is 2.67 bits per heavy atom. The number of anilines is 1. The summed E-state index contributed by atoms with van der Waals surface area (Å²) in [5.74, 6) is 0.717. The lowest BCUT2D eigenvalue weighted by Gasteiger charge is -2.27. The number of amides is 2. The van der Waals surface area contributed by atoms with Crippen molar-refractivity contribution in [1.29, 1.82) is 0 Å². The Hall–Kier alpha value is -3.16. The number of ether oxygens (including phenoxy) is 1. The van der Waals surface area contributed by atoms with Crippen molar-refractivity contribution in [2.24, 2.45) is 0 Å². The maximum Gasteiger partial charge on any atom is 0.251 e. The topological polar surface area (TPSA) is 76.5 Å². The zero-order chi connectivity index (χ0) is 22.8. The van der Waals surface area contributed by atoms with Crippen LogP contribution in [0.2, 0.25) is 5.02 Å². The first-order valence-corrected chi connectivity index (χ1v) is 11.6. The number of hydrogen-bond acceptors (Lipinski definition) is 4. The molecule has 2 amide bonds. The summed E-state index contributed by atoms with van der Waals surface area (Å²) in [5, 5.41) is 8.29. The maximum absolute atomic E-state index is 12.7. The van der Waals surface area contributed by atoms with E-state index >= 15 is 0 Å². The molecule has 1 fully saturated rings. The number of aryl methyl sites for hydroxylation is 1. The third-order valence-corrected chi connectivity index (χ3v) is 6.34. The number of hydrogen-bond donors (Lipinski definition) is 1. The quantitative estimate of drug-likeness (QED) is 0.597. The van der Waals surface area contributed by atoms with E-state index in [1.165, 1.54) is 0 Å². The van der Waals surface area contributed by atoms with Gasteiger partial charge in [0, 0.05) is 41.8 Å². The fourth-order valence-electron chi connectivity index (χ4n) is 4.24. The molecule has 2 aromatic carbocycles. The number of rotatable bonds is 6. The van der Waals surface area contributed by atoms with Crippen molar-refractivity contribution in [3.63, 3.8) is 0 Å². The number of benzene rings is 2. The van der Waals surface area contributed by atoms with Crippen molar-refractivity contribution in [2.45, 2.75) is 38.5 Å². The highest BCUT2D eigenvalue weighted by atomic mass is 35.5. The predicted octanol–water partition coefficient (Wildman–Crippen LogP) is 4.05. The second kappa shape index (κ2) is 9.37. The summed E-state index contributed by atoms with van der Waals surface area (Å²) in [6.07, 6.45) is 2.54. The molecule has 1 aromatic heterocycles. The van der Waals surface area contributed by atoms with Crippen molar-refractivity contribution >= 4 is 29.2 Å². The van der Waals surface area contributed by atoms with Gasteiger partial charge in [0.25, 0.3) is 5.91 Å². The van der Waals surface area contributed by atoms with Crippen LogP contribution in [0.15, 0.2) is 54.6 Å². The van der Waals surface area contributed by atoms with E-state index in [4.69, 9.17) is 16.3 Å². The van der Waals surface area contributed by atoms with Crippen LogP contribution in [0.1, 0.15) is 35.2 Å². The van der Waals surface area contributed by atoms with Crippen LogP contribution >= 0.6 is 11.6 Å². The van der Waals surface area contributed by atoms with Crippen molar-refractivity contribution in [3.05, 3.63) is 70.7 Å². The average molecular weight is 465 g/mol. The van der Waals surface area contributed by atoms with Gasteiger partial charge in [0.15, 0.2) is 0 Å². The largest absolute Gasteiger partial charge is 0.376 e. The summed E-state index contributed by atoms with van der Waals surface area (Å²) in [7, 11) is 0. The summed E-state index contributed by atoms with van der Waals surface area (Å²) in [5.41, 5.74) is 3.30. The van der Waals surface area contributed by atoms with Gasteiger partial charge in [-0.15, -0.1) is 0 Å². The molecule has 0 aliphatic carbocycles. The van der Waals surface area contributed by atoms with E-state index < -0.39 is 0 Å². The first kappa shape index (κ1) is 21.7. The normalized spacial score (nSPS) is 17.8. The minimum absolute atomic E-state index is 0.0587. The monoisotopic (exact) mass is 464 g/mol. The smallest absolute Gasteiger partial charge is 0.251 e. The Morgan fingerprint density at radius 2 is 1.94 bits per heavy atom. The van der Waals surface area contributed by atoms with Gasteiger partial charge < -0.3 is 10.1 Å². The number of halogens is 1. The highest BCUT2D eigenvalue weighted by Crippen LogP contribution is 2.30. The van der Waals surface area contributed by atoms with Crippen molar-refractivity contribution < 1.29 is 14.3 Å². The molecule has 1 unspecified atom stereocenters. The molecule has 3 aromatic rings. The third kappa shape index (κ3) is 4.79. The van der Waals surface area contributed by atoms with E-state index in [0.29, 0.717) is 36.6 Å². The highest BCUT2D eigenvalue weighted by Gasteiger charge is 2.26. The lowest BCUT2D eigenvalue weighted by molar-refractivity contribution is -0.119. The van der Waals surface area contributed by atoms with Gasteiger partial charge in [-0.25, -0.2) is 4.68 Å². The van der Waals surface area contributed by atoms with Crippen molar-refractivity contribution in [3.8, 4) is 11.3 Å². The van der Waals surface area contributed by atoms with Gasteiger partial charge in [-0.2, -0.15) is 5.10 Å². The highest BCUT2D eigenvalue weighted by molar-refractivity contribution is 6.30. The summed E-state index contributed by atoms with van der Waals surface area (Å²) in [4.78, 5) is 26.9. The van der Waals surface area contributed by atoms with Gasteiger partial charge in [-0.1, -0.05) is 35.9 Å². The van der Waals surface area contributed by atoms with Gasteiger partial charge in [-0.05, 0) is 42.7 Å². The number of fused-ring (bicyclic) bond motifs is 1. The van der Waals surface area contributed by atoms with Crippen LogP contribution in [0.3, 0.4) is 0 Å². The predicted molar refractivity (Wildman–Crippen MR) is 126 cm³/mol. The zero-order valence-corrected chi connectivity index (χ0v) is 18.9. The second-order valence-corrected chi connectivity index (χ2v) is 8.83. The fourth-order valence-corrected chi connectivity index (χ4v) is 4.37. The Labute approximate surface area is 197 Å². The molecule has 2 aliphatic heterocycles. The van der Waals surface area contributed by atoms with Crippen LogP contribution in [0, 0.1) is 0 Å². The van der Waals surface area contributed by atoms with Crippen LogP contribution in [0.4, 0.5) is 5.82 Å². The maximum atomic E-state index is 12.7. The van der Waals surface area contributed by atoms with Gasteiger partial charge >= 0.3 is 0 Å². The number of nitrogens with zero attached hydrogens (tertiary/aromatic N) is 3. The molecule has 0 bridgehead atoms. The van der Waals surface area contributed by atoms with Crippen LogP contribution in [-0.2, 0) is 22.6 Å². The summed E-state index contributed by atoms with van der Waals surface area (Å²) < 4.78 is 7.42. The Bertz CT molecular complexity index is 1150. The molecule has 3 heterocycles. The first-order valence-electron chi connectivity index (χ1n) is 11.2. The van der Waals surface area contributed by atoms with Gasteiger partial charge in [-0.3, -0.25) is 14.5 Å². The molecule has 0 saturated carbocycles. The molecule has 33 heavy (non-hydrogen) atoms. The van der Waals surface area contributed by atoms with Crippen LogP contribution in [-0.4, -0.2) is 40.9 Å². The third-order valence-electron chi connectivity index (χ3n) is 6.08. The van der Waals surface area contributed by atoms with Crippen molar-refractivity contribution in [2.75, 3.05) is 18.1 Å². The van der Waals surface area contributed by atoms with Gasteiger partial charge in [0.2, 0.25) is 5.91 Å². The van der Waals surface area contributed by atoms with Gasteiger partial charge in [0.1, 0.15) is 5.82 Å². The molecule has 1 saturated heterocycles. The molecular formula is C25H25ClN4O3. The van der Waals surface area contributed by atoms with Crippen molar-refractivity contribution in [1.82, 2.24) is 15.1 Å². The van der Waals surface area contributed by atoms with E-state index in [2.05, 4.69) is 10.4 Å². The summed E-state index contributed by atoms with van der Waals surface area (Å²) in [6, 6.07) is 16.8. The molecule has 1 atom stereocenters. The van der Waals surface area contributed by atoms with E-state index in [1.807, 2.05) is 47.1 Å².